The van der Waals surface area contributed by atoms with Crippen LogP contribution < -0.4 is 10.2 Å². The largest absolute Gasteiger partial charge is 0.383 e. The molecule has 2 amide bonds. The molecule has 8 nitrogen and oxygen atoms in total. The summed E-state index contributed by atoms with van der Waals surface area (Å²) in [5, 5.41) is 11.1. The first kappa shape index (κ1) is 25.0. The van der Waals surface area contributed by atoms with Gasteiger partial charge in [-0.2, -0.15) is 0 Å². The predicted molar refractivity (Wildman–Crippen MR) is 135 cm³/mol. The summed E-state index contributed by atoms with van der Waals surface area (Å²) < 4.78 is 20.4. The van der Waals surface area contributed by atoms with E-state index in [1.807, 2.05) is 56.3 Å². The number of aryl methyl sites for hydroxylation is 2. The normalized spacial score (nSPS) is 11.9. The monoisotopic (exact) mass is 489 g/mol. The molecule has 3 aromatic carbocycles. The lowest BCUT2D eigenvalue weighted by molar-refractivity contribution is -0.127. The number of nitrogens with one attached hydrogen (secondary N) is 1. The second-order valence-corrected chi connectivity index (χ2v) is 8.53. The quantitative estimate of drug-likeness (QED) is 0.362. The zero-order valence-corrected chi connectivity index (χ0v) is 20.4. The standard InChI is InChI=1S/C27H28FN5O3/c1-18-8-9-19(2)24(16-18)33(25(34)17-32-23-7-5-4-6-22(23)30-31-32)26(27(35)29-14-15-36-3)20-10-12-21(28)13-11-20/h4-13,16,26H,14-15,17H2,1-3H3,(H,29,35)/t26-/m0/s1. The fourth-order valence-electron chi connectivity index (χ4n) is 4.07. The van der Waals surface area contributed by atoms with Gasteiger partial charge in [-0.1, -0.05) is 41.6 Å². The highest BCUT2D eigenvalue weighted by Gasteiger charge is 2.34. The van der Waals surface area contributed by atoms with Gasteiger partial charge in [-0.3, -0.25) is 14.5 Å². The third-order valence-electron chi connectivity index (χ3n) is 5.90. The summed E-state index contributed by atoms with van der Waals surface area (Å²) >= 11 is 0. The summed E-state index contributed by atoms with van der Waals surface area (Å²) in [4.78, 5) is 29.0. The van der Waals surface area contributed by atoms with Gasteiger partial charge in [0.2, 0.25) is 11.8 Å². The molecule has 4 rings (SSSR count). The predicted octanol–water partition coefficient (Wildman–Crippen LogP) is 3.72. The fraction of sp³-hybridized carbons (Fsp3) is 0.259. The van der Waals surface area contributed by atoms with Gasteiger partial charge in [0.1, 0.15) is 23.9 Å². The van der Waals surface area contributed by atoms with Crippen molar-refractivity contribution < 1.29 is 18.7 Å². The topological polar surface area (TPSA) is 89.4 Å². The van der Waals surface area contributed by atoms with E-state index >= 15 is 0 Å². The Morgan fingerprint density at radius 1 is 1.08 bits per heavy atom. The zero-order chi connectivity index (χ0) is 25.7. The lowest BCUT2D eigenvalue weighted by Gasteiger charge is -2.33. The van der Waals surface area contributed by atoms with Crippen LogP contribution in [0, 0.1) is 19.7 Å². The molecule has 0 aliphatic carbocycles. The van der Waals surface area contributed by atoms with Crippen LogP contribution in [0.25, 0.3) is 11.0 Å². The molecule has 0 unspecified atom stereocenters. The maximum atomic E-state index is 14.0. The second-order valence-electron chi connectivity index (χ2n) is 8.53. The van der Waals surface area contributed by atoms with Crippen LogP contribution in [0.2, 0.25) is 0 Å². The third-order valence-corrected chi connectivity index (χ3v) is 5.90. The fourth-order valence-corrected chi connectivity index (χ4v) is 4.07. The van der Waals surface area contributed by atoms with Crippen molar-refractivity contribution in [3.63, 3.8) is 0 Å². The number of aromatic nitrogens is 3. The van der Waals surface area contributed by atoms with Crippen molar-refractivity contribution in [1.29, 1.82) is 0 Å². The summed E-state index contributed by atoms with van der Waals surface area (Å²) in [6, 6.07) is 17.6. The maximum Gasteiger partial charge on any atom is 0.249 e. The third kappa shape index (κ3) is 5.41. The molecule has 0 fully saturated rings. The minimum atomic E-state index is -1.05. The van der Waals surface area contributed by atoms with Crippen molar-refractivity contribution in [2.24, 2.45) is 0 Å². The maximum absolute atomic E-state index is 14.0. The van der Waals surface area contributed by atoms with E-state index in [9.17, 15) is 14.0 Å². The number of halogens is 1. The molecule has 1 atom stereocenters. The lowest BCUT2D eigenvalue weighted by atomic mass is 10.0. The number of nitrogens with zero attached hydrogens (tertiary/aromatic N) is 4. The Morgan fingerprint density at radius 3 is 2.58 bits per heavy atom. The SMILES string of the molecule is COCCNC(=O)[C@H](c1ccc(F)cc1)N(C(=O)Cn1nnc2ccccc21)c1cc(C)ccc1C. The molecule has 0 radical (unpaired) electrons. The molecule has 4 aromatic rings. The number of rotatable bonds is 9. The number of carbonyl (C=O) groups is 2. The second kappa shape index (κ2) is 11.1. The summed E-state index contributed by atoms with van der Waals surface area (Å²) in [7, 11) is 1.54. The Morgan fingerprint density at radius 2 is 1.83 bits per heavy atom. The van der Waals surface area contributed by atoms with Gasteiger partial charge < -0.3 is 10.1 Å². The van der Waals surface area contributed by atoms with E-state index in [-0.39, 0.29) is 19.0 Å². The Kier molecular flexibility index (Phi) is 7.70. The van der Waals surface area contributed by atoms with Crippen LogP contribution in [-0.2, 0) is 20.9 Å². The summed E-state index contributed by atoms with van der Waals surface area (Å²) in [5.74, 6) is -1.21. The summed E-state index contributed by atoms with van der Waals surface area (Å²) in [6.45, 7) is 4.23. The number of amides is 2. The highest BCUT2D eigenvalue weighted by molar-refractivity contribution is 6.02. The highest BCUT2D eigenvalue weighted by Crippen LogP contribution is 2.32. The number of hydrogen-bond acceptors (Lipinski definition) is 5. The van der Waals surface area contributed by atoms with Crippen LogP contribution in [0.1, 0.15) is 22.7 Å². The number of carbonyl (C=O) groups excluding carboxylic acids is 2. The molecule has 0 spiro atoms. The van der Waals surface area contributed by atoms with Gasteiger partial charge in [0.25, 0.3) is 0 Å². The number of anilines is 1. The Hall–Kier alpha value is -4.11. The van der Waals surface area contributed by atoms with E-state index < -0.39 is 17.8 Å². The van der Waals surface area contributed by atoms with Crippen LogP contribution in [-0.4, -0.2) is 47.1 Å². The van der Waals surface area contributed by atoms with Crippen LogP contribution in [0.5, 0.6) is 0 Å². The van der Waals surface area contributed by atoms with Crippen molar-refractivity contribution in [2.75, 3.05) is 25.2 Å². The van der Waals surface area contributed by atoms with Crippen LogP contribution in [0.3, 0.4) is 0 Å². The van der Waals surface area contributed by atoms with Gasteiger partial charge in [-0.15, -0.1) is 5.10 Å². The molecule has 186 valence electrons. The Balaban J connectivity index is 1.81. The molecular weight excluding hydrogens is 461 g/mol. The number of hydrogen-bond donors (Lipinski definition) is 1. The first-order valence-corrected chi connectivity index (χ1v) is 11.6. The van der Waals surface area contributed by atoms with Gasteiger partial charge in [-0.05, 0) is 60.9 Å². The van der Waals surface area contributed by atoms with Gasteiger partial charge in [0, 0.05) is 19.3 Å². The number of methoxy groups -OCH3 is 1. The molecule has 0 saturated carbocycles. The molecule has 36 heavy (non-hydrogen) atoms. The Bertz CT molecular complexity index is 1370. The first-order chi connectivity index (χ1) is 17.4. The average Bonchev–Trinajstić information content (AvgIpc) is 3.27. The molecule has 0 aliphatic heterocycles. The summed E-state index contributed by atoms with van der Waals surface area (Å²) in [5.41, 5.74) is 4.17. The van der Waals surface area contributed by atoms with Crippen molar-refractivity contribution in [2.45, 2.75) is 26.4 Å². The van der Waals surface area contributed by atoms with E-state index in [0.717, 1.165) is 11.1 Å². The number of benzene rings is 3. The van der Waals surface area contributed by atoms with Crippen molar-refractivity contribution in [3.8, 4) is 0 Å². The molecular formula is C27H28FN5O3. The number of para-hydroxylation sites is 1. The minimum Gasteiger partial charge on any atom is -0.383 e. The van der Waals surface area contributed by atoms with Crippen LogP contribution in [0.15, 0.2) is 66.7 Å². The van der Waals surface area contributed by atoms with E-state index in [2.05, 4.69) is 15.6 Å². The number of fused-ring (bicyclic) bond motifs is 1. The van der Waals surface area contributed by atoms with E-state index in [4.69, 9.17) is 4.74 Å². The van der Waals surface area contributed by atoms with Gasteiger partial charge in [0.15, 0.2) is 0 Å². The van der Waals surface area contributed by atoms with Crippen molar-refractivity contribution in [3.05, 3.63) is 89.2 Å². The molecule has 9 heteroatoms. The molecule has 1 heterocycles. The van der Waals surface area contributed by atoms with Crippen LogP contribution in [0.4, 0.5) is 10.1 Å². The van der Waals surface area contributed by atoms with Gasteiger partial charge in [-0.25, -0.2) is 9.07 Å². The van der Waals surface area contributed by atoms with Gasteiger partial charge >= 0.3 is 0 Å². The minimum absolute atomic E-state index is 0.142. The van der Waals surface area contributed by atoms with Gasteiger partial charge in [0.05, 0.1) is 12.1 Å². The first-order valence-electron chi connectivity index (χ1n) is 11.6. The van der Waals surface area contributed by atoms with E-state index in [0.29, 0.717) is 28.9 Å². The molecule has 0 saturated heterocycles. The smallest absolute Gasteiger partial charge is 0.249 e. The van der Waals surface area contributed by atoms with E-state index in [1.165, 1.54) is 41.0 Å². The van der Waals surface area contributed by atoms with Crippen LogP contribution >= 0.6 is 0 Å². The zero-order valence-electron chi connectivity index (χ0n) is 20.4. The number of ether oxygens (including phenoxy) is 1. The highest BCUT2D eigenvalue weighted by atomic mass is 19.1. The molecule has 0 aliphatic rings. The van der Waals surface area contributed by atoms with Crippen molar-refractivity contribution in [1.82, 2.24) is 20.3 Å². The Labute approximate surface area is 208 Å². The molecule has 1 aromatic heterocycles. The molecule has 1 N–H and O–H groups in total. The van der Waals surface area contributed by atoms with Crippen molar-refractivity contribution >= 4 is 28.5 Å². The summed E-state index contributed by atoms with van der Waals surface area (Å²) in [6.07, 6.45) is 0. The molecule has 0 bridgehead atoms. The lowest BCUT2D eigenvalue weighted by Crippen LogP contribution is -2.46. The average molecular weight is 490 g/mol. The van der Waals surface area contributed by atoms with E-state index in [1.54, 1.807) is 0 Å².